The largest absolute Gasteiger partial charge is 0.354 e. The molecule has 0 heterocycles. The molecule has 0 radical (unpaired) electrons. The van der Waals surface area contributed by atoms with Crippen molar-refractivity contribution >= 4 is 62.3 Å². The first-order chi connectivity index (χ1) is 19.4. The van der Waals surface area contributed by atoms with Crippen molar-refractivity contribution in [1.29, 1.82) is 0 Å². The van der Waals surface area contributed by atoms with Gasteiger partial charge in [0.05, 0.1) is 10.6 Å². The zero-order valence-corrected chi connectivity index (χ0v) is 26.5. The van der Waals surface area contributed by atoms with E-state index < -0.39 is 28.5 Å². The number of carbonyl (C=O) groups is 2. The van der Waals surface area contributed by atoms with Crippen LogP contribution in [0.15, 0.2) is 65.6 Å². The number of nitrogens with one attached hydrogen (secondary N) is 1. The van der Waals surface area contributed by atoms with Gasteiger partial charge >= 0.3 is 0 Å². The molecule has 0 bridgehead atoms. The highest BCUT2D eigenvalue weighted by Crippen LogP contribution is 2.30. The smallest absolute Gasteiger partial charge is 0.264 e. The number of rotatable bonds is 12. The van der Waals surface area contributed by atoms with Crippen LogP contribution in [-0.2, 0) is 26.2 Å². The molecule has 41 heavy (non-hydrogen) atoms. The average molecular weight is 639 g/mol. The van der Waals surface area contributed by atoms with Gasteiger partial charge in [-0.25, -0.2) is 8.42 Å². The normalized spacial score (nSPS) is 12.1. The van der Waals surface area contributed by atoms with Crippen molar-refractivity contribution in [3.8, 4) is 0 Å². The first-order valence-corrected chi connectivity index (χ1v) is 15.8. The van der Waals surface area contributed by atoms with E-state index in [9.17, 15) is 18.0 Å². The van der Waals surface area contributed by atoms with Crippen LogP contribution in [0, 0.1) is 13.8 Å². The van der Waals surface area contributed by atoms with Gasteiger partial charge in [0.1, 0.15) is 12.6 Å². The zero-order valence-electron chi connectivity index (χ0n) is 23.5. The number of sulfonamides is 1. The SMILES string of the molecule is CCCCNC(=O)C(C)N(Cc1c(Cl)cccc1Cl)C(=O)CN(c1ccc(C)c(Cl)c1)S(=O)(=O)c1ccc(C)cc1. The molecule has 7 nitrogen and oxygen atoms in total. The van der Waals surface area contributed by atoms with E-state index in [1.165, 1.54) is 23.1 Å². The summed E-state index contributed by atoms with van der Waals surface area (Å²) in [6.07, 6.45) is 1.66. The van der Waals surface area contributed by atoms with Gasteiger partial charge in [-0.2, -0.15) is 0 Å². The highest BCUT2D eigenvalue weighted by Gasteiger charge is 2.33. The number of carbonyl (C=O) groups excluding carboxylic acids is 2. The van der Waals surface area contributed by atoms with Crippen LogP contribution in [0.25, 0.3) is 0 Å². The Kier molecular flexibility index (Phi) is 11.5. The third kappa shape index (κ3) is 8.16. The summed E-state index contributed by atoms with van der Waals surface area (Å²) in [5.74, 6) is -0.993. The summed E-state index contributed by atoms with van der Waals surface area (Å²) in [5, 5.41) is 3.84. The van der Waals surface area contributed by atoms with E-state index in [2.05, 4.69) is 5.32 Å². The van der Waals surface area contributed by atoms with Crippen LogP contribution in [0.3, 0.4) is 0 Å². The molecule has 220 valence electrons. The summed E-state index contributed by atoms with van der Waals surface area (Å²) >= 11 is 19.2. The van der Waals surface area contributed by atoms with Crippen LogP contribution in [0.2, 0.25) is 15.1 Å². The van der Waals surface area contributed by atoms with E-state index in [0.29, 0.717) is 27.2 Å². The number of aryl methyl sites for hydroxylation is 2. The van der Waals surface area contributed by atoms with Crippen molar-refractivity contribution in [2.75, 3.05) is 17.4 Å². The summed E-state index contributed by atoms with van der Waals surface area (Å²) in [7, 11) is -4.21. The molecule has 1 N–H and O–H groups in total. The van der Waals surface area contributed by atoms with Gasteiger partial charge in [0.2, 0.25) is 11.8 Å². The molecule has 3 aromatic carbocycles. The maximum atomic E-state index is 14.0. The van der Waals surface area contributed by atoms with Crippen molar-refractivity contribution in [1.82, 2.24) is 10.2 Å². The second-order valence-electron chi connectivity index (χ2n) is 9.80. The molecule has 0 saturated heterocycles. The maximum absolute atomic E-state index is 14.0. The number of halogens is 3. The van der Waals surface area contributed by atoms with Gasteiger partial charge in [0.15, 0.2) is 0 Å². The second kappa shape index (κ2) is 14.4. The van der Waals surface area contributed by atoms with E-state index in [1.54, 1.807) is 56.3 Å². The topological polar surface area (TPSA) is 86.8 Å². The van der Waals surface area contributed by atoms with E-state index in [-0.39, 0.29) is 23.0 Å². The Hall–Kier alpha value is -2.78. The molecule has 0 fully saturated rings. The third-order valence-corrected chi connectivity index (χ3v) is 9.62. The monoisotopic (exact) mass is 637 g/mol. The standard InChI is InChI=1S/C30H34Cl3N3O4S/c1-5-6-16-34-30(38)22(4)35(18-25-26(31)8-7-9-27(25)32)29(37)19-36(23-13-12-21(3)28(33)17-23)41(39,40)24-14-10-20(2)11-15-24/h7-15,17,22H,5-6,16,18-19H2,1-4H3,(H,34,38). The lowest BCUT2D eigenvalue weighted by molar-refractivity contribution is -0.139. The van der Waals surface area contributed by atoms with E-state index >= 15 is 0 Å². The van der Waals surface area contributed by atoms with Gasteiger partial charge in [0.25, 0.3) is 10.0 Å². The first-order valence-electron chi connectivity index (χ1n) is 13.2. The number of hydrogen-bond donors (Lipinski definition) is 1. The van der Waals surface area contributed by atoms with Gasteiger partial charge in [-0.3, -0.25) is 13.9 Å². The van der Waals surface area contributed by atoms with Gasteiger partial charge in [-0.05, 0) is 69.2 Å². The van der Waals surface area contributed by atoms with Crippen molar-refractivity contribution in [3.05, 3.63) is 92.4 Å². The van der Waals surface area contributed by atoms with Crippen molar-refractivity contribution < 1.29 is 18.0 Å². The number of hydrogen-bond acceptors (Lipinski definition) is 4. The lowest BCUT2D eigenvalue weighted by Gasteiger charge is -2.32. The van der Waals surface area contributed by atoms with E-state index in [1.807, 2.05) is 13.8 Å². The Bertz CT molecular complexity index is 1480. The van der Waals surface area contributed by atoms with E-state index in [4.69, 9.17) is 34.8 Å². The Labute approximate surface area is 257 Å². The Morgan fingerprint density at radius 2 is 1.56 bits per heavy atom. The lowest BCUT2D eigenvalue weighted by Crippen LogP contribution is -2.51. The van der Waals surface area contributed by atoms with Crippen LogP contribution in [0.1, 0.15) is 43.4 Å². The molecule has 1 atom stereocenters. The minimum absolute atomic E-state index is 0.0126. The van der Waals surface area contributed by atoms with Crippen LogP contribution in [0.5, 0.6) is 0 Å². The number of amides is 2. The molecule has 3 rings (SSSR count). The molecule has 0 aliphatic carbocycles. The summed E-state index contributed by atoms with van der Waals surface area (Å²) in [4.78, 5) is 28.4. The van der Waals surface area contributed by atoms with E-state index in [0.717, 1.165) is 28.3 Å². The minimum Gasteiger partial charge on any atom is -0.354 e. The highest BCUT2D eigenvalue weighted by atomic mass is 35.5. The molecular weight excluding hydrogens is 605 g/mol. The number of benzene rings is 3. The molecule has 0 aliphatic rings. The molecule has 2 amide bonds. The molecule has 0 aliphatic heterocycles. The van der Waals surface area contributed by atoms with Crippen molar-refractivity contribution in [3.63, 3.8) is 0 Å². The Balaban J connectivity index is 2.06. The second-order valence-corrected chi connectivity index (χ2v) is 12.9. The fourth-order valence-electron chi connectivity index (χ4n) is 4.08. The molecule has 0 aromatic heterocycles. The summed E-state index contributed by atoms with van der Waals surface area (Å²) in [5.41, 5.74) is 2.30. The number of nitrogens with zero attached hydrogens (tertiary/aromatic N) is 2. The maximum Gasteiger partial charge on any atom is 0.264 e. The average Bonchev–Trinajstić information content (AvgIpc) is 2.93. The van der Waals surface area contributed by atoms with Crippen LogP contribution >= 0.6 is 34.8 Å². The summed E-state index contributed by atoms with van der Waals surface area (Å²) < 4.78 is 28.9. The highest BCUT2D eigenvalue weighted by molar-refractivity contribution is 7.92. The molecule has 11 heteroatoms. The predicted octanol–water partition coefficient (Wildman–Crippen LogP) is 6.79. The molecular formula is C30H34Cl3N3O4S. The lowest BCUT2D eigenvalue weighted by atomic mass is 10.1. The predicted molar refractivity (Wildman–Crippen MR) is 166 cm³/mol. The summed E-state index contributed by atoms with van der Waals surface area (Å²) in [6, 6.07) is 15.1. The van der Waals surface area contributed by atoms with Crippen LogP contribution in [0.4, 0.5) is 5.69 Å². The molecule has 0 saturated carbocycles. The third-order valence-electron chi connectivity index (χ3n) is 6.72. The van der Waals surface area contributed by atoms with Crippen molar-refractivity contribution in [2.24, 2.45) is 0 Å². The van der Waals surface area contributed by atoms with Crippen molar-refractivity contribution in [2.45, 2.75) is 58.0 Å². The molecule has 1 unspecified atom stereocenters. The Morgan fingerprint density at radius 1 is 0.927 bits per heavy atom. The minimum atomic E-state index is -4.21. The van der Waals surface area contributed by atoms with Crippen LogP contribution < -0.4 is 9.62 Å². The van der Waals surface area contributed by atoms with Crippen LogP contribution in [-0.4, -0.2) is 44.3 Å². The van der Waals surface area contributed by atoms with Gasteiger partial charge in [0, 0.05) is 33.7 Å². The van der Waals surface area contributed by atoms with Gasteiger partial charge in [-0.15, -0.1) is 0 Å². The molecule has 3 aromatic rings. The quantitative estimate of drug-likeness (QED) is 0.221. The fraction of sp³-hybridized carbons (Fsp3) is 0.333. The summed E-state index contributed by atoms with van der Waals surface area (Å²) in [6.45, 7) is 6.99. The van der Waals surface area contributed by atoms with Gasteiger partial charge in [-0.1, -0.05) is 78.0 Å². The zero-order chi connectivity index (χ0) is 30.3. The Morgan fingerprint density at radius 3 is 2.15 bits per heavy atom. The number of anilines is 1. The fourth-order valence-corrected chi connectivity index (χ4v) is 6.17. The number of unbranched alkanes of at least 4 members (excludes halogenated alkanes) is 1. The first kappa shape index (κ1) is 32.7. The van der Waals surface area contributed by atoms with Gasteiger partial charge < -0.3 is 10.2 Å². The molecule has 0 spiro atoms.